The highest BCUT2D eigenvalue weighted by Crippen LogP contribution is 2.22. The molecule has 1 aromatic heterocycles. The Bertz CT molecular complexity index is 864. The lowest BCUT2D eigenvalue weighted by molar-refractivity contribution is -0.120. The van der Waals surface area contributed by atoms with Crippen LogP contribution in [0.2, 0.25) is 0 Å². The van der Waals surface area contributed by atoms with Gasteiger partial charge in [-0.05, 0) is 17.7 Å². The van der Waals surface area contributed by atoms with Crippen molar-refractivity contribution in [1.82, 2.24) is 10.3 Å². The molecule has 3 rings (SSSR count). The number of hydrogen-bond acceptors (Lipinski definition) is 4. The number of nitrogens with one attached hydrogen (secondary N) is 1. The fourth-order valence-electron chi connectivity index (χ4n) is 2.24. The van der Waals surface area contributed by atoms with Gasteiger partial charge < -0.3 is 5.32 Å². The molecule has 0 aliphatic carbocycles. The van der Waals surface area contributed by atoms with Crippen molar-refractivity contribution in [3.05, 3.63) is 76.1 Å². The second-order valence-corrected chi connectivity index (χ2v) is 6.20. The highest BCUT2D eigenvalue weighted by Gasteiger charge is 2.09. The van der Waals surface area contributed by atoms with Crippen molar-refractivity contribution in [1.29, 1.82) is 5.26 Å². The van der Waals surface area contributed by atoms with Gasteiger partial charge in [-0.25, -0.2) is 4.98 Å². The van der Waals surface area contributed by atoms with E-state index in [-0.39, 0.29) is 12.3 Å². The van der Waals surface area contributed by atoms with Crippen molar-refractivity contribution in [2.75, 3.05) is 0 Å². The second kappa shape index (κ2) is 7.53. The molecule has 5 heteroatoms. The standard InChI is InChI=1S/C19H15N3OS/c20-11-14-6-8-16(9-7-14)17-13-24-19(22-17)10-18(23)21-12-15-4-2-1-3-5-15/h1-9,13H,10,12H2,(H,21,23). The van der Waals surface area contributed by atoms with Gasteiger partial charge in [0.1, 0.15) is 5.01 Å². The molecule has 24 heavy (non-hydrogen) atoms. The Morgan fingerprint density at radius 3 is 2.58 bits per heavy atom. The number of aromatic nitrogens is 1. The Hall–Kier alpha value is -2.97. The van der Waals surface area contributed by atoms with E-state index in [4.69, 9.17) is 5.26 Å². The molecule has 0 fully saturated rings. The highest BCUT2D eigenvalue weighted by atomic mass is 32.1. The summed E-state index contributed by atoms with van der Waals surface area (Å²) in [6.07, 6.45) is 0.272. The summed E-state index contributed by atoms with van der Waals surface area (Å²) in [4.78, 5) is 16.5. The lowest BCUT2D eigenvalue weighted by atomic mass is 10.1. The molecule has 0 aliphatic rings. The number of carbonyl (C=O) groups excluding carboxylic acids is 1. The van der Waals surface area contributed by atoms with Gasteiger partial charge in [0.05, 0.1) is 23.7 Å². The zero-order chi connectivity index (χ0) is 16.8. The molecule has 0 aliphatic heterocycles. The molecule has 0 saturated carbocycles. The molecular formula is C19H15N3OS. The molecule has 0 radical (unpaired) electrons. The smallest absolute Gasteiger partial charge is 0.227 e. The van der Waals surface area contributed by atoms with Gasteiger partial charge in [0.25, 0.3) is 0 Å². The molecule has 4 nitrogen and oxygen atoms in total. The van der Waals surface area contributed by atoms with Crippen LogP contribution in [0.25, 0.3) is 11.3 Å². The number of amides is 1. The zero-order valence-electron chi connectivity index (χ0n) is 12.9. The van der Waals surface area contributed by atoms with Crippen molar-refractivity contribution in [3.8, 4) is 17.3 Å². The van der Waals surface area contributed by atoms with Gasteiger partial charge in [0, 0.05) is 17.5 Å². The van der Waals surface area contributed by atoms with Crippen molar-refractivity contribution < 1.29 is 4.79 Å². The first-order valence-corrected chi connectivity index (χ1v) is 8.38. The summed E-state index contributed by atoms with van der Waals surface area (Å²) in [5, 5.41) is 14.4. The largest absolute Gasteiger partial charge is 0.352 e. The number of nitriles is 1. The molecule has 1 N–H and O–H groups in total. The number of rotatable bonds is 5. The summed E-state index contributed by atoms with van der Waals surface area (Å²) >= 11 is 1.47. The minimum atomic E-state index is -0.0421. The van der Waals surface area contributed by atoms with Gasteiger partial charge in [-0.15, -0.1) is 11.3 Å². The molecule has 0 atom stereocenters. The Balaban J connectivity index is 1.59. The minimum Gasteiger partial charge on any atom is -0.352 e. The van der Waals surface area contributed by atoms with Crippen LogP contribution in [0.15, 0.2) is 60.0 Å². The summed E-state index contributed by atoms with van der Waals surface area (Å²) in [6.45, 7) is 0.521. The van der Waals surface area contributed by atoms with E-state index >= 15 is 0 Å². The second-order valence-electron chi connectivity index (χ2n) is 5.25. The van der Waals surface area contributed by atoms with Gasteiger partial charge in [-0.1, -0.05) is 42.5 Å². The minimum absolute atomic E-state index is 0.0421. The average molecular weight is 333 g/mol. The van der Waals surface area contributed by atoms with E-state index in [2.05, 4.69) is 16.4 Å². The first kappa shape index (κ1) is 15.9. The SMILES string of the molecule is N#Cc1ccc(-c2csc(CC(=O)NCc3ccccc3)n2)cc1. The van der Waals surface area contributed by atoms with E-state index in [0.29, 0.717) is 12.1 Å². The van der Waals surface area contributed by atoms with Crippen LogP contribution >= 0.6 is 11.3 Å². The first-order chi connectivity index (χ1) is 11.7. The molecule has 1 amide bonds. The van der Waals surface area contributed by atoms with Crippen LogP contribution in [0.3, 0.4) is 0 Å². The van der Waals surface area contributed by atoms with Gasteiger partial charge in [0.15, 0.2) is 0 Å². The lowest BCUT2D eigenvalue weighted by Gasteiger charge is -2.03. The summed E-state index contributed by atoms with van der Waals surface area (Å²) in [5.41, 5.74) is 3.47. The average Bonchev–Trinajstić information content (AvgIpc) is 3.09. The van der Waals surface area contributed by atoms with Crippen molar-refractivity contribution >= 4 is 17.2 Å². The third kappa shape index (κ3) is 4.06. The molecule has 0 bridgehead atoms. The third-order valence-corrected chi connectivity index (χ3v) is 4.35. The van der Waals surface area contributed by atoms with Gasteiger partial charge in [0.2, 0.25) is 5.91 Å². The predicted octanol–water partition coefficient (Wildman–Crippen LogP) is 3.54. The van der Waals surface area contributed by atoms with Crippen LogP contribution in [-0.4, -0.2) is 10.9 Å². The number of benzene rings is 2. The van der Waals surface area contributed by atoms with E-state index in [0.717, 1.165) is 21.8 Å². The molecule has 118 valence electrons. The van der Waals surface area contributed by atoms with Crippen LogP contribution in [0, 0.1) is 11.3 Å². The van der Waals surface area contributed by atoms with Crippen LogP contribution in [0.1, 0.15) is 16.1 Å². The Labute approximate surface area is 144 Å². The number of hydrogen-bond donors (Lipinski definition) is 1. The van der Waals surface area contributed by atoms with Crippen molar-refractivity contribution in [2.24, 2.45) is 0 Å². The number of carbonyl (C=O) groups is 1. The summed E-state index contributed by atoms with van der Waals surface area (Å²) in [7, 11) is 0. The molecular weight excluding hydrogens is 318 g/mol. The maximum absolute atomic E-state index is 12.0. The van der Waals surface area contributed by atoms with Crippen LogP contribution in [-0.2, 0) is 17.8 Å². The van der Waals surface area contributed by atoms with Gasteiger partial charge >= 0.3 is 0 Å². The number of thiazole rings is 1. The maximum atomic E-state index is 12.0. The number of nitrogens with zero attached hydrogens (tertiary/aromatic N) is 2. The molecule has 3 aromatic rings. The van der Waals surface area contributed by atoms with Crippen LogP contribution in [0.5, 0.6) is 0 Å². The van der Waals surface area contributed by atoms with E-state index in [1.165, 1.54) is 11.3 Å². The van der Waals surface area contributed by atoms with Gasteiger partial charge in [-0.2, -0.15) is 5.26 Å². The summed E-state index contributed by atoms with van der Waals surface area (Å²) in [5.74, 6) is -0.0421. The zero-order valence-corrected chi connectivity index (χ0v) is 13.7. The third-order valence-electron chi connectivity index (χ3n) is 3.51. The fraction of sp³-hybridized carbons (Fsp3) is 0.105. The molecule has 0 unspecified atom stereocenters. The van der Waals surface area contributed by atoms with Crippen molar-refractivity contribution in [3.63, 3.8) is 0 Å². The van der Waals surface area contributed by atoms with E-state index in [9.17, 15) is 4.79 Å². The summed E-state index contributed by atoms with van der Waals surface area (Å²) < 4.78 is 0. The molecule has 1 heterocycles. The molecule has 0 saturated heterocycles. The molecule has 0 spiro atoms. The first-order valence-electron chi connectivity index (χ1n) is 7.50. The predicted molar refractivity (Wildman–Crippen MR) is 94.3 cm³/mol. The van der Waals surface area contributed by atoms with E-state index < -0.39 is 0 Å². The Morgan fingerprint density at radius 1 is 1.12 bits per heavy atom. The van der Waals surface area contributed by atoms with E-state index in [1.54, 1.807) is 12.1 Å². The van der Waals surface area contributed by atoms with Crippen molar-refractivity contribution in [2.45, 2.75) is 13.0 Å². The maximum Gasteiger partial charge on any atom is 0.227 e. The Kier molecular flexibility index (Phi) is 4.99. The molecule has 2 aromatic carbocycles. The lowest BCUT2D eigenvalue weighted by Crippen LogP contribution is -2.24. The monoisotopic (exact) mass is 333 g/mol. The van der Waals surface area contributed by atoms with Crippen LogP contribution < -0.4 is 5.32 Å². The van der Waals surface area contributed by atoms with Gasteiger partial charge in [-0.3, -0.25) is 4.79 Å². The topological polar surface area (TPSA) is 65.8 Å². The van der Waals surface area contributed by atoms with E-state index in [1.807, 2.05) is 47.8 Å². The highest BCUT2D eigenvalue weighted by molar-refractivity contribution is 7.10. The Morgan fingerprint density at radius 2 is 1.88 bits per heavy atom. The normalized spacial score (nSPS) is 10.1. The quantitative estimate of drug-likeness (QED) is 0.776. The van der Waals surface area contributed by atoms with Crippen LogP contribution in [0.4, 0.5) is 0 Å². The summed E-state index contributed by atoms with van der Waals surface area (Å²) in [6, 6.07) is 19.2. The fourth-order valence-corrected chi connectivity index (χ4v) is 3.04.